The summed E-state index contributed by atoms with van der Waals surface area (Å²) >= 11 is 0. The van der Waals surface area contributed by atoms with Gasteiger partial charge in [0.1, 0.15) is 6.10 Å². The molecule has 4 heteroatoms. The van der Waals surface area contributed by atoms with Gasteiger partial charge >= 0.3 is 11.9 Å². The summed E-state index contributed by atoms with van der Waals surface area (Å²) in [6.07, 6.45) is 17.3. The van der Waals surface area contributed by atoms with Gasteiger partial charge < -0.3 is 9.84 Å². The van der Waals surface area contributed by atoms with Crippen LogP contribution in [-0.2, 0) is 14.3 Å². The van der Waals surface area contributed by atoms with E-state index in [0.717, 1.165) is 32.1 Å². The van der Waals surface area contributed by atoms with Crippen molar-refractivity contribution in [2.45, 2.75) is 131 Å². The molecule has 0 heterocycles. The summed E-state index contributed by atoms with van der Waals surface area (Å²) < 4.78 is 6.05. The van der Waals surface area contributed by atoms with Gasteiger partial charge in [-0.1, -0.05) is 85.3 Å². The van der Waals surface area contributed by atoms with E-state index in [4.69, 9.17) is 4.74 Å². The second-order valence-corrected chi connectivity index (χ2v) is 11.5. The van der Waals surface area contributed by atoms with E-state index >= 15 is 0 Å². The smallest absolute Gasteiger partial charge is 0.316 e. The SMILES string of the molecule is CCCCCCCCCC(CCC(C)CC(C)(C)C)OC(=O)C1(C)C=CCCC1C(=O)O. The molecule has 1 aliphatic rings. The quantitative estimate of drug-likeness (QED) is 0.156. The molecule has 1 aliphatic carbocycles. The molecule has 4 unspecified atom stereocenters. The van der Waals surface area contributed by atoms with Crippen LogP contribution in [0.15, 0.2) is 12.2 Å². The van der Waals surface area contributed by atoms with E-state index in [1.54, 1.807) is 13.0 Å². The molecule has 0 saturated carbocycles. The van der Waals surface area contributed by atoms with E-state index in [0.29, 0.717) is 24.2 Å². The molecule has 0 spiro atoms. The fourth-order valence-electron chi connectivity index (χ4n) is 5.08. The van der Waals surface area contributed by atoms with E-state index < -0.39 is 17.3 Å². The molecule has 0 aromatic rings. The predicted octanol–water partition coefficient (Wildman–Crippen LogP) is 7.95. The third-order valence-electron chi connectivity index (χ3n) is 6.89. The van der Waals surface area contributed by atoms with Gasteiger partial charge in [-0.3, -0.25) is 9.59 Å². The third-order valence-corrected chi connectivity index (χ3v) is 6.89. The number of rotatable bonds is 15. The molecule has 1 N–H and O–H groups in total. The lowest BCUT2D eigenvalue weighted by Gasteiger charge is -2.34. The Hall–Kier alpha value is -1.32. The second-order valence-electron chi connectivity index (χ2n) is 11.5. The summed E-state index contributed by atoms with van der Waals surface area (Å²) in [6.45, 7) is 13.0. The summed E-state index contributed by atoms with van der Waals surface area (Å²) in [5, 5.41) is 9.66. The Morgan fingerprint density at radius 2 is 1.69 bits per heavy atom. The Morgan fingerprint density at radius 3 is 2.28 bits per heavy atom. The Balaban J connectivity index is 2.71. The monoisotopic (exact) mass is 450 g/mol. The van der Waals surface area contributed by atoms with Gasteiger partial charge in [-0.15, -0.1) is 0 Å². The fraction of sp³-hybridized carbons (Fsp3) is 0.857. The van der Waals surface area contributed by atoms with Crippen LogP contribution in [0.3, 0.4) is 0 Å². The lowest BCUT2D eigenvalue weighted by molar-refractivity contribution is -0.168. The number of unbranched alkanes of at least 4 members (excludes halogenated alkanes) is 6. The normalized spacial score (nSPS) is 23.0. The topological polar surface area (TPSA) is 63.6 Å². The number of carbonyl (C=O) groups excluding carboxylic acids is 1. The maximum absolute atomic E-state index is 13.2. The van der Waals surface area contributed by atoms with E-state index in [1.165, 1.54) is 38.5 Å². The zero-order chi connectivity index (χ0) is 24.2. The summed E-state index contributed by atoms with van der Waals surface area (Å²) in [6, 6.07) is 0. The van der Waals surface area contributed by atoms with Crippen LogP contribution in [-0.4, -0.2) is 23.1 Å². The molecule has 0 amide bonds. The number of allylic oxidation sites excluding steroid dienone is 1. The minimum absolute atomic E-state index is 0.123. The molecular weight excluding hydrogens is 400 g/mol. The first kappa shape index (κ1) is 28.7. The van der Waals surface area contributed by atoms with Crippen molar-refractivity contribution in [2.75, 3.05) is 0 Å². The van der Waals surface area contributed by atoms with Gasteiger partial charge in [0, 0.05) is 0 Å². The van der Waals surface area contributed by atoms with Gasteiger partial charge in [0.05, 0.1) is 11.3 Å². The van der Waals surface area contributed by atoms with Crippen molar-refractivity contribution < 1.29 is 19.4 Å². The highest BCUT2D eigenvalue weighted by molar-refractivity contribution is 5.86. The largest absolute Gasteiger partial charge is 0.481 e. The van der Waals surface area contributed by atoms with Gasteiger partial charge in [0.25, 0.3) is 0 Å². The van der Waals surface area contributed by atoms with Gasteiger partial charge in [0.15, 0.2) is 0 Å². The summed E-state index contributed by atoms with van der Waals surface area (Å²) in [7, 11) is 0. The summed E-state index contributed by atoms with van der Waals surface area (Å²) in [5.74, 6) is -1.41. The Kier molecular flexibility index (Phi) is 12.6. The van der Waals surface area contributed by atoms with Crippen LogP contribution in [0.5, 0.6) is 0 Å². The highest BCUT2D eigenvalue weighted by Crippen LogP contribution is 2.39. The van der Waals surface area contributed by atoms with Crippen molar-refractivity contribution in [2.24, 2.45) is 22.7 Å². The van der Waals surface area contributed by atoms with Crippen molar-refractivity contribution in [3.8, 4) is 0 Å². The fourth-order valence-corrected chi connectivity index (χ4v) is 5.08. The molecule has 0 aromatic heterocycles. The minimum Gasteiger partial charge on any atom is -0.481 e. The molecule has 4 atom stereocenters. The van der Waals surface area contributed by atoms with Gasteiger partial charge in [0.2, 0.25) is 0 Å². The Bertz CT molecular complexity index is 589. The van der Waals surface area contributed by atoms with Gasteiger partial charge in [-0.2, -0.15) is 0 Å². The van der Waals surface area contributed by atoms with Crippen LogP contribution in [0.2, 0.25) is 0 Å². The second kappa shape index (κ2) is 14.1. The van der Waals surface area contributed by atoms with Crippen LogP contribution in [0.25, 0.3) is 0 Å². The number of carboxylic acid groups (broad SMARTS) is 1. The molecule has 0 aliphatic heterocycles. The van der Waals surface area contributed by atoms with Crippen LogP contribution >= 0.6 is 0 Å². The molecule has 32 heavy (non-hydrogen) atoms. The number of aliphatic carboxylic acids is 1. The van der Waals surface area contributed by atoms with Crippen molar-refractivity contribution in [1.82, 2.24) is 0 Å². The van der Waals surface area contributed by atoms with Crippen LogP contribution in [0, 0.1) is 22.7 Å². The number of carbonyl (C=O) groups is 2. The van der Waals surface area contributed by atoms with E-state index in [9.17, 15) is 14.7 Å². The first-order valence-electron chi connectivity index (χ1n) is 13.1. The van der Waals surface area contributed by atoms with Crippen LogP contribution in [0.4, 0.5) is 0 Å². The first-order valence-corrected chi connectivity index (χ1v) is 13.1. The number of ether oxygens (including phenoxy) is 1. The Labute approximate surface area is 197 Å². The molecule has 0 radical (unpaired) electrons. The maximum Gasteiger partial charge on any atom is 0.316 e. The first-order chi connectivity index (χ1) is 15.0. The molecule has 0 aromatic carbocycles. The minimum atomic E-state index is -1.07. The van der Waals surface area contributed by atoms with Crippen molar-refractivity contribution >= 4 is 11.9 Å². The van der Waals surface area contributed by atoms with Crippen LogP contribution in [0.1, 0.15) is 125 Å². The highest BCUT2D eigenvalue weighted by atomic mass is 16.5. The number of esters is 1. The molecule has 186 valence electrons. The van der Waals surface area contributed by atoms with E-state index in [2.05, 4.69) is 34.6 Å². The lowest BCUT2D eigenvalue weighted by Crippen LogP contribution is -2.42. The molecule has 4 nitrogen and oxygen atoms in total. The summed E-state index contributed by atoms with van der Waals surface area (Å²) in [5.41, 5.74) is -0.779. The summed E-state index contributed by atoms with van der Waals surface area (Å²) in [4.78, 5) is 25.0. The molecule has 1 rings (SSSR count). The Morgan fingerprint density at radius 1 is 1.06 bits per heavy atom. The van der Waals surface area contributed by atoms with Gasteiger partial charge in [-0.05, 0) is 63.2 Å². The number of carboxylic acids is 1. The van der Waals surface area contributed by atoms with Crippen LogP contribution < -0.4 is 0 Å². The van der Waals surface area contributed by atoms with Crippen molar-refractivity contribution in [3.05, 3.63) is 12.2 Å². The van der Waals surface area contributed by atoms with Crippen molar-refractivity contribution in [1.29, 1.82) is 0 Å². The van der Waals surface area contributed by atoms with E-state index in [1.807, 2.05) is 6.08 Å². The average Bonchev–Trinajstić information content (AvgIpc) is 2.69. The molecular formula is C28H50O4. The number of hydrogen-bond acceptors (Lipinski definition) is 3. The standard InChI is InChI=1S/C28H50O4/c1-7-8-9-10-11-12-13-16-23(19-18-22(2)21-27(3,4)5)32-26(31)28(6)20-15-14-17-24(28)25(29)30/h15,20,22-24H,7-14,16-19,21H2,1-6H3,(H,29,30). The maximum atomic E-state index is 13.2. The van der Waals surface area contributed by atoms with Gasteiger partial charge in [-0.25, -0.2) is 0 Å². The molecule has 0 bridgehead atoms. The van der Waals surface area contributed by atoms with Crippen molar-refractivity contribution in [3.63, 3.8) is 0 Å². The zero-order valence-corrected chi connectivity index (χ0v) is 21.8. The highest BCUT2D eigenvalue weighted by Gasteiger charge is 2.46. The van der Waals surface area contributed by atoms with E-state index in [-0.39, 0.29) is 12.1 Å². The zero-order valence-electron chi connectivity index (χ0n) is 21.8. The third kappa shape index (κ3) is 10.5. The average molecular weight is 451 g/mol. The molecule has 0 fully saturated rings. The number of hydrogen-bond donors (Lipinski definition) is 1. The lowest BCUT2D eigenvalue weighted by atomic mass is 9.71. The molecule has 0 saturated heterocycles. The predicted molar refractivity (Wildman–Crippen MR) is 133 cm³/mol.